The predicted molar refractivity (Wildman–Crippen MR) is 40.1 cm³/mol. The maximum absolute atomic E-state index is 10.8. The summed E-state index contributed by atoms with van der Waals surface area (Å²) in [5.74, 6) is 0.898. The van der Waals surface area contributed by atoms with Crippen LogP contribution in [-0.2, 0) is 11.2 Å². The molecule has 0 saturated heterocycles. The fourth-order valence-corrected chi connectivity index (χ4v) is 0.800. The van der Waals surface area contributed by atoms with Crippen LogP contribution in [0.3, 0.4) is 0 Å². The summed E-state index contributed by atoms with van der Waals surface area (Å²) < 4.78 is 4.97. The van der Waals surface area contributed by atoms with Gasteiger partial charge in [0, 0.05) is 19.3 Å². The lowest BCUT2D eigenvalue weighted by molar-refractivity contribution is -0.118. The van der Waals surface area contributed by atoms with E-state index in [0.29, 0.717) is 25.2 Å². The van der Waals surface area contributed by atoms with E-state index in [9.17, 15) is 4.79 Å². The summed E-state index contributed by atoms with van der Waals surface area (Å²) in [5.41, 5.74) is 0. The second-order valence-corrected chi connectivity index (χ2v) is 2.32. The van der Waals surface area contributed by atoms with Crippen LogP contribution in [0.5, 0.6) is 0 Å². The minimum Gasteiger partial charge on any atom is -0.449 e. The molecule has 0 spiro atoms. The fourth-order valence-electron chi connectivity index (χ4n) is 0.800. The first-order valence-corrected chi connectivity index (χ1v) is 3.73. The first-order valence-electron chi connectivity index (χ1n) is 3.73. The van der Waals surface area contributed by atoms with E-state index in [1.54, 1.807) is 6.20 Å². The van der Waals surface area contributed by atoms with Gasteiger partial charge in [0.1, 0.15) is 12.0 Å². The maximum Gasteiger partial charge on any atom is 0.194 e. The number of hydrogen-bond donors (Lipinski definition) is 0. The van der Waals surface area contributed by atoms with Crippen molar-refractivity contribution in [1.29, 1.82) is 0 Å². The number of nitrogens with zero attached hydrogens (tertiary/aromatic N) is 1. The minimum absolute atomic E-state index is 0.253. The van der Waals surface area contributed by atoms with Crippen LogP contribution in [-0.4, -0.2) is 10.8 Å². The molecule has 0 radical (unpaired) electrons. The van der Waals surface area contributed by atoms with Crippen LogP contribution >= 0.6 is 0 Å². The lowest BCUT2D eigenvalue weighted by Crippen LogP contribution is -1.97. The summed E-state index contributed by atoms with van der Waals surface area (Å²) in [6.45, 7) is 1.86. The molecule has 60 valence electrons. The molecular formula is C8H11NO2. The Hall–Kier alpha value is -1.12. The molecule has 1 rings (SSSR count). The number of aromatic nitrogens is 1. The van der Waals surface area contributed by atoms with Crippen molar-refractivity contribution in [1.82, 2.24) is 4.98 Å². The molecule has 0 saturated carbocycles. The van der Waals surface area contributed by atoms with Crippen LogP contribution < -0.4 is 0 Å². The monoisotopic (exact) mass is 153 g/mol. The van der Waals surface area contributed by atoms with E-state index in [1.807, 2.05) is 6.92 Å². The van der Waals surface area contributed by atoms with Crippen LogP contribution in [0.1, 0.15) is 25.7 Å². The zero-order chi connectivity index (χ0) is 8.10. The largest absolute Gasteiger partial charge is 0.449 e. The quantitative estimate of drug-likeness (QED) is 0.659. The van der Waals surface area contributed by atoms with Crippen molar-refractivity contribution in [2.45, 2.75) is 26.2 Å². The Morgan fingerprint density at radius 2 is 2.55 bits per heavy atom. The van der Waals surface area contributed by atoms with E-state index < -0.39 is 0 Å². The van der Waals surface area contributed by atoms with Gasteiger partial charge in [0.05, 0.1) is 6.20 Å². The summed E-state index contributed by atoms with van der Waals surface area (Å²) >= 11 is 0. The van der Waals surface area contributed by atoms with Crippen LogP contribution in [0.2, 0.25) is 0 Å². The molecule has 0 aliphatic carbocycles. The number of aryl methyl sites for hydroxylation is 1. The molecule has 3 heteroatoms. The lowest BCUT2D eigenvalue weighted by atomic mass is 10.2. The Balaban J connectivity index is 2.29. The molecule has 1 aromatic rings. The standard InChI is InChI=1S/C8H11NO2/c1-2-7(10)3-4-8-9-5-6-11-8/h5-6H,2-4H2,1H3. The number of carbonyl (C=O) groups is 1. The molecule has 11 heavy (non-hydrogen) atoms. The molecule has 3 nitrogen and oxygen atoms in total. The third-order valence-electron chi connectivity index (χ3n) is 1.50. The number of Topliss-reactive ketones (excluding diaryl/α,β-unsaturated/α-hetero) is 1. The predicted octanol–water partition coefficient (Wildman–Crippen LogP) is 1.59. The molecule has 0 N–H and O–H groups in total. The summed E-state index contributed by atoms with van der Waals surface area (Å²) in [7, 11) is 0. The Morgan fingerprint density at radius 3 is 3.09 bits per heavy atom. The third-order valence-corrected chi connectivity index (χ3v) is 1.50. The van der Waals surface area contributed by atoms with Crippen molar-refractivity contribution in [2.75, 3.05) is 0 Å². The molecule has 0 unspecified atom stereocenters. The Bertz CT molecular complexity index is 216. The Kier molecular flexibility index (Phi) is 2.83. The molecule has 0 aliphatic heterocycles. The van der Waals surface area contributed by atoms with Crippen LogP contribution in [0, 0.1) is 0 Å². The molecule has 0 aliphatic rings. The molecule has 0 fully saturated rings. The van der Waals surface area contributed by atoms with E-state index in [-0.39, 0.29) is 5.78 Å². The van der Waals surface area contributed by atoms with Gasteiger partial charge in [-0.2, -0.15) is 0 Å². The zero-order valence-corrected chi connectivity index (χ0v) is 6.54. The first-order chi connectivity index (χ1) is 5.33. The van der Waals surface area contributed by atoms with Gasteiger partial charge >= 0.3 is 0 Å². The second-order valence-electron chi connectivity index (χ2n) is 2.32. The van der Waals surface area contributed by atoms with Gasteiger partial charge in [-0.3, -0.25) is 4.79 Å². The van der Waals surface area contributed by atoms with Gasteiger partial charge in [0.25, 0.3) is 0 Å². The molecule has 0 aromatic carbocycles. The topological polar surface area (TPSA) is 43.1 Å². The molecule has 1 aromatic heterocycles. The molecule has 0 bridgehead atoms. The van der Waals surface area contributed by atoms with Gasteiger partial charge in [-0.05, 0) is 0 Å². The Morgan fingerprint density at radius 1 is 1.73 bits per heavy atom. The van der Waals surface area contributed by atoms with Gasteiger partial charge in [0.15, 0.2) is 5.89 Å². The van der Waals surface area contributed by atoms with E-state index in [1.165, 1.54) is 6.26 Å². The van der Waals surface area contributed by atoms with Gasteiger partial charge in [0.2, 0.25) is 0 Å². The summed E-state index contributed by atoms with van der Waals surface area (Å²) in [6, 6.07) is 0. The van der Waals surface area contributed by atoms with Crippen molar-refractivity contribution in [3.8, 4) is 0 Å². The smallest absolute Gasteiger partial charge is 0.194 e. The highest BCUT2D eigenvalue weighted by atomic mass is 16.3. The highest BCUT2D eigenvalue weighted by Crippen LogP contribution is 2.00. The normalized spacial score (nSPS) is 9.91. The van der Waals surface area contributed by atoms with Crippen molar-refractivity contribution in [2.24, 2.45) is 0 Å². The van der Waals surface area contributed by atoms with E-state index in [2.05, 4.69) is 4.98 Å². The first kappa shape index (κ1) is 7.98. The van der Waals surface area contributed by atoms with Crippen LogP contribution in [0.15, 0.2) is 16.9 Å². The van der Waals surface area contributed by atoms with E-state index in [0.717, 1.165) is 0 Å². The molecule has 0 atom stereocenters. The SMILES string of the molecule is CCC(=O)CCc1ncco1. The molecular weight excluding hydrogens is 142 g/mol. The number of hydrogen-bond acceptors (Lipinski definition) is 3. The number of rotatable bonds is 4. The van der Waals surface area contributed by atoms with Gasteiger partial charge < -0.3 is 4.42 Å². The van der Waals surface area contributed by atoms with Crippen LogP contribution in [0.4, 0.5) is 0 Å². The third kappa shape index (κ3) is 2.53. The lowest BCUT2D eigenvalue weighted by Gasteiger charge is -1.92. The highest BCUT2D eigenvalue weighted by Gasteiger charge is 2.01. The van der Waals surface area contributed by atoms with Crippen molar-refractivity contribution in [3.05, 3.63) is 18.4 Å². The zero-order valence-electron chi connectivity index (χ0n) is 6.54. The van der Waals surface area contributed by atoms with Gasteiger partial charge in [-0.25, -0.2) is 4.98 Å². The fraction of sp³-hybridized carbons (Fsp3) is 0.500. The van der Waals surface area contributed by atoms with Gasteiger partial charge in [-0.1, -0.05) is 6.92 Å². The highest BCUT2D eigenvalue weighted by molar-refractivity contribution is 5.78. The van der Waals surface area contributed by atoms with Gasteiger partial charge in [-0.15, -0.1) is 0 Å². The molecule has 0 amide bonds. The number of oxazole rings is 1. The van der Waals surface area contributed by atoms with E-state index >= 15 is 0 Å². The van der Waals surface area contributed by atoms with Crippen molar-refractivity contribution >= 4 is 5.78 Å². The average molecular weight is 153 g/mol. The summed E-state index contributed by atoms with van der Waals surface area (Å²) in [6.07, 6.45) is 4.87. The number of carbonyl (C=O) groups excluding carboxylic acids is 1. The minimum atomic E-state index is 0.253. The second kappa shape index (κ2) is 3.91. The summed E-state index contributed by atoms with van der Waals surface area (Å²) in [4.78, 5) is 14.7. The average Bonchev–Trinajstić information content (AvgIpc) is 2.52. The maximum atomic E-state index is 10.8. The van der Waals surface area contributed by atoms with Crippen molar-refractivity contribution < 1.29 is 9.21 Å². The van der Waals surface area contributed by atoms with Crippen molar-refractivity contribution in [3.63, 3.8) is 0 Å². The van der Waals surface area contributed by atoms with Crippen LogP contribution in [0.25, 0.3) is 0 Å². The number of ketones is 1. The Labute approximate surface area is 65.4 Å². The van der Waals surface area contributed by atoms with E-state index in [4.69, 9.17) is 4.42 Å². The summed E-state index contributed by atoms with van der Waals surface area (Å²) in [5, 5.41) is 0. The molecule has 1 heterocycles.